The molecule has 0 radical (unpaired) electrons. The molecule has 0 saturated heterocycles. The van der Waals surface area contributed by atoms with Gasteiger partial charge in [0.25, 0.3) is 0 Å². The highest BCUT2D eigenvalue weighted by atomic mass is 14.1. The lowest BCUT2D eigenvalue weighted by molar-refractivity contribution is 1.22. The van der Waals surface area contributed by atoms with Gasteiger partial charge in [-0.2, -0.15) is 0 Å². The number of hydrogen-bond donors (Lipinski definition) is 0. The van der Waals surface area contributed by atoms with Gasteiger partial charge in [0, 0.05) is 0 Å². The topological polar surface area (TPSA) is 0 Å². The second-order valence-corrected chi connectivity index (χ2v) is 8.60. The van der Waals surface area contributed by atoms with Crippen molar-refractivity contribution < 1.29 is 0 Å². The smallest absolute Gasteiger partial charge is 0.00928 e. The minimum Gasteiger partial charge on any atom is -0.0985 e. The Morgan fingerprint density at radius 1 is 0.676 bits per heavy atom. The lowest BCUT2D eigenvalue weighted by atomic mass is 9.90. The SMILES string of the molecule is C=CC(=C)/C(=C\CC)c1ccc(-c2cc3ccccc3c3ccc(-c4ccccc4)cc23)cc1. The van der Waals surface area contributed by atoms with Crippen LogP contribution in [0.5, 0.6) is 0 Å². The Morgan fingerprint density at radius 2 is 1.38 bits per heavy atom. The summed E-state index contributed by atoms with van der Waals surface area (Å²) in [6, 6.07) is 37.3. The standard InChI is InChI=1S/C34H28/c1-4-11-30(24(3)5-2)26-16-18-27(19-17-26)33-23-29-14-9-10-15-31(29)32-21-20-28(22-34(32)33)25-12-7-6-8-13-25/h5-23H,2-4H2,1H3/b30-11+. The summed E-state index contributed by atoms with van der Waals surface area (Å²) in [4.78, 5) is 0. The molecule has 5 aromatic carbocycles. The fourth-order valence-electron chi connectivity index (χ4n) is 4.73. The van der Waals surface area contributed by atoms with Crippen LogP contribution >= 0.6 is 0 Å². The molecule has 5 aromatic rings. The molecular weight excluding hydrogens is 408 g/mol. The van der Waals surface area contributed by atoms with Gasteiger partial charge in [0.2, 0.25) is 0 Å². The minimum absolute atomic E-state index is 0.957. The first-order chi connectivity index (χ1) is 16.7. The van der Waals surface area contributed by atoms with Crippen LogP contribution < -0.4 is 0 Å². The van der Waals surface area contributed by atoms with Crippen LogP contribution in [0.15, 0.2) is 134 Å². The lowest BCUT2D eigenvalue weighted by Crippen LogP contribution is -1.89. The molecule has 0 heteroatoms. The molecule has 0 saturated carbocycles. The van der Waals surface area contributed by atoms with Gasteiger partial charge in [-0.1, -0.05) is 123 Å². The Morgan fingerprint density at radius 3 is 2.12 bits per heavy atom. The van der Waals surface area contributed by atoms with E-state index in [1.165, 1.54) is 49.4 Å². The van der Waals surface area contributed by atoms with Crippen LogP contribution in [0.1, 0.15) is 18.9 Å². The molecule has 0 amide bonds. The van der Waals surface area contributed by atoms with Crippen molar-refractivity contribution in [2.75, 3.05) is 0 Å². The third kappa shape index (κ3) is 4.00. The largest absolute Gasteiger partial charge is 0.0985 e. The molecule has 0 unspecified atom stereocenters. The van der Waals surface area contributed by atoms with Gasteiger partial charge < -0.3 is 0 Å². The van der Waals surface area contributed by atoms with E-state index in [2.05, 4.69) is 129 Å². The maximum Gasteiger partial charge on any atom is -0.00928 e. The van der Waals surface area contributed by atoms with E-state index in [0.29, 0.717) is 0 Å². The molecule has 0 spiro atoms. The average Bonchev–Trinajstić information content (AvgIpc) is 2.91. The lowest BCUT2D eigenvalue weighted by Gasteiger charge is -2.14. The predicted molar refractivity (Wildman–Crippen MR) is 150 cm³/mol. The fraction of sp³-hybridized carbons (Fsp3) is 0.0588. The molecule has 0 aromatic heterocycles. The summed E-state index contributed by atoms with van der Waals surface area (Å²) < 4.78 is 0. The first-order valence-corrected chi connectivity index (χ1v) is 11.8. The molecule has 0 aliphatic carbocycles. The molecule has 0 nitrogen and oxygen atoms in total. The van der Waals surface area contributed by atoms with Crippen LogP contribution in [-0.2, 0) is 0 Å². The zero-order valence-electron chi connectivity index (χ0n) is 19.6. The molecule has 0 atom stereocenters. The molecule has 34 heavy (non-hydrogen) atoms. The van der Waals surface area contributed by atoms with Gasteiger partial charge in [-0.25, -0.2) is 0 Å². The van der Waals surface area contributed by atoms with Crippen LogP contribution in [-0.4, -0.2) is 0 Å². The van der Waals surface area contributed by atoms with Gasteiger partial charge in [0.15, 0.2) is 0 Å². The van der Waals surface area contributed by atoms with Gasteiger partial charge in [-0.15, -0.1) is 0 Å². The molecule has 5 rings (SSSR count). The molecule has 0 aliphatic heterocycles. The molecule has 0 heterocycles. The van der Waals surface area contributed by atoms with Crippen LogP contribution in [0.3, 0.4) is 0 Å². The zero-order valence-corrected chi connectivity index (χ0v) is 19.6. The van der Waals surface area contributed by atoms with E-state index < -0.39 is 0 Å². The van der Waals surface area contributed by atoms with Crippen LogP contribution in [0.4, 0.5) is 0 Å². The second-order valence-electron chi connectivity index (χ2n) is 8.60. The Hall–Kier alpha value is -4.16. The summed E-state index contributed by atoms with van der Waals surface area (Å²) in [7, 11) is 0. The molecule has 0 bridgehead atoms. The number of hydrogen-bond acceptors (Lipinski definition) is 0. The predicted octanol–water partition coefficient (Wildman–Crippen LogP) is 9.86. The highest BCUT2D eigenvalue weighted by molar-refractivity contribution is 6.14. The van der Waals surface area contributed by atoms with Crippen molar-refractivity contribution in [2.24, 2.45) is 0 Å². The molecule has 0 aliphatic rings. The first-order valence-electron chi connectivity index (χ1n) is 11.8. The van der Waals surface area contributed by atoms with Crippen molar-refractivity contribution in [3.8, 4) is 22.3 Å². The molecule has 0 N–H and O–H groups in total. The van der Waals surface area contributed by atoms with Crippen LogP contribution in [0.2, 0.25) is 0 Å². The van der Waals surface area contributed by atoms with E-state index in [0.717, 1.165) is 17.6 Å². The third-order valence-corrected chi connectivity index (χ3v) is 6.48. The van der Waals surface area contributed by atoms with Crippen molar-refractivity contribution in [3.05, 3.63) is 140 Å². The van der Waals surface area contributed by atoms with E-state index in [-0.39, 0.29) is 0 Å². The fourth-order valence-corrected chi connectivity index (χ4v) is 4.73. The van der Waals surface area contributed by atoms with Gasteiger partial charge in [0.1, 0.15) is 0 Å². The Labute approximate surface area is 202 Å². The first kappa shape index (κ1) is 21.7. The van der Waals surface area contributed by atoms with Gasteiger partial charge in [-0.3, -0.25) is 0 Å². The van der Waals surface area contributed by atoms with E-state index in [1.807, 2.05) is 6.08 Å². The van der Waals surface area contributed by atoms with Crippen molar-refractivity contribution in [1.82, 2.24) is 0 Å². The summed E-state index contributed by atoms with van der Waals surface area (Å²) in [6.45, 7) is 10.2. The maximum absolute atomic E-state index is 4.18. The summed E-state index contributed by atoms with van der Waals surface area (Å²) in [5.41, 5.74) is 8.21. The Bertz CT molecular complexity index is 1530. The average molecular weight is 437 g/mol. The normalized spacial score (nSPS) is 11.6. The van der Waals surface area contributed by atoms with E-state index in [1.54, 1.807) is 0 Å². The highest BCUT2D eigenvalue weighted by Gasteiger charge is 2.11. The summed E-state index contributed by atoms with van der Waals surface area (Å²) in [5.74, 6) is 0. The highest BCUT2D eigenvalue weighted by Crippen LogP contribution is 2.38. The van der Waals surface area contributed by atoms with E-state index >= 15 is 0 Å². The van der Waals surface area contributed by atoms with Gasteiger partial charge >= 0.3 is 0 Å². The number of fused-ring (bicyclic) bond motifs is 3. The quantitative estimate of drug-likeness (QED) is 0.183. The van der Waals surface area contributed by atoms with Crippen LogP contribution in [0, 0.1) is 0 Å². The number of benzene rings is 5. The maximum atomic E-state index is 4.18. The summed E-state index contributed by atoms with van der Waals surface area (Å²) >= 11 is 0. The Balaban J connectivity index is 1.71. The van der Waals surface area contributed by atoms with E-state index in [4.69, 9.17) is 0 Å². The molecule has 0 fully saturated rings. The van der Waals surface area contributed by atoms with Crippen molar-refractivity contribution >= 4 is 27.1 Å². The monoisotopic (exact) mass is 436 g/mol. The summed E-state index contributed by atoms with van der Waals surface area (Å²) in [6.07, 6.45) is 5.01. The molecular formula is C34H28. The van der Waals surface area contributed by atoms with Gasteiger partial charge in [0.05, 0.1) is 0 Å². The van der Waals surface area contributed by atoms with Gasteiger partial charge in [-0.05, 0) is 79.1 Å². The van der Waals surface area contributed by atoms with Crippen molar-refractivity contribution in [3.63, 3.8) is 0 Å². The van der Waals surface area contributed by atoms with Crippen molar-refractivity contribution in [2.45, 2.75) is 13.3 Å². The number of allylic oxidation sites excluding steroid dienone is 4. The zero-order chi connectivity index (χ0) is 23.5. The second kappa shape index (κ2) is 9.37. The summed E-state index contributed by atoms with van der Waals surface area (Å²) in [5, 5.41) is 5.09. The van der Waals surface area contributed by atoms with Crippen LogP contribution in [0.25, 0.3) is 49.4 Å². The molecule has 164 valence electrons. The number of rotatable bonds is 6. The van der Waals surface area contributed by atoms with E-state index in [9.17, 15) is 0 Å². The third-order valence-electron chi connectivity index (χ3n) is 6.48. The Kier molecular flexibility index (Phi) is 5.97. The van der Waals surface area contributed by atoms with Crippen molar-refractivity contribution in [1.29, 1.82) is 0 Å². The minimum atomic E-state index is 0.957.